The number of halogens is 3. The van der Waals surface area contributed by atoms with Crippen molar-refractivity contribution in [1.82, 2.24) is 4.72 Å². The van der Waals surface area contributed by atoms with Crippen LogP contribution in [0.4, 0.5) is 0 Å². The van der Waals surface area contributed by atoms with Gasteiger partial charge in [0.25, 0.3) is 0 Å². The van der Waals surface area contributed by atoms with E-state index in [1.54, 1.807) is 0 Å². The lowest BCUT2D eigenvalue weighted by Crippen LogP contribution is -2.35. The molecule has 7 heteroatoms. The molecule has 0 aliphatic heterocycles. The van der Waals surface area contributed by atoms with Crippen LogP contribution in [0, 0.1) is 0 Å². The highest BCUT2D eigenvalue weighted by molar-refractivity contribution is 9.10. The van der Waals surface area contributed by atoms with Crippen LogP contribution in [-0.2, 0) is 10.0 Å². The van der Waals surface area contributed by atoms with Gasteiger partial charge in [-0.2, -0.15) is 0 Å². The minimum atomic E-state index is -3.55. The standard InChI is InChI=1S/C10H12BrCl2NO2S/c1-2-7(6-12)14-17(15,16)8-3-4-10(13)9(11)5-8/h3-5,7,14H,2,6H2,1H3. The Morgan fingerprint density at radius 1 is 1.47 bits per heavy atom. The van der Waals surface area contributed by atoms with Crippen LogP contribution < -0.4 is 4.72 Å². The Bertz CT molecular complexity index is 489. The van der Waals surface area contributed by atoms with Crippen LogP contribution in [0.25, 0.3) is 0 Å². The van der Waals surface area contributed by atoms with Gasteiger partial charge in [0.05, 0.1) is 9.92 Å². The van der Waals surface area contributed by atoms with E-state index in [1.807, 2.05) is 6.92 Å². The van der Waals surface area contributed by atoms with Gasteiger partial charge in [-0.15, -0.1) is 11.6 Å². The molecule has 0 aliphatic rings. The van der Waals surface area contributed by atoms with E-state index < -0.39 is 10.0 Å². The van der Waals surface area contributed by atoms with Crippen LogP contribution in [0.15, 0.2) is 27.6 Å². The van der Waals surface area contributed by atoms with Crippen molar-refractivity contribution in [2.75, 3.05) is 5.88 Å². The molecule has 0 spiro atoms. The zero-order valence-electron chi connectivity index (χ0n) is 9.08. The monoisotopic (exact) mass is 359 g/mol. The fourth-order valence-corrected chi connectivity index (χ4v) is 3.54. The number of rotatable bonds is 5. The normalized spacial score (nSPS) is 13.6. The van der Waals surface area contributed by atoms with E-state index in [0.717, 1.165) is 0 Å². The maximum absolute atomic E-state index is 12.0. The Labute approximate surface area is 120 Å². The van der Waals surface area contributed by atoms with Crippen molar-refractivity contribution in [2.45, 2.75) is 24.3 Å². The molecule has 0 bridgehead atoms. The van der Waals surface area contributed by atoms with E-state index in [-0.39, 0.29) is 16.8 Å². The Kier molecular flexibility index (Phi) is 5.73. The summed E-state index contributed by atoms with van der Waals surface area (Å²) in [5.41, 5.74) is 0. The molecule has 1 N–H and O–H groups in total. The first-order valence-corrected chi connectivity index (χ1v) is 8.13. The fourth-order valence-electron chi connectivity index (χ4n) is 1.16. The van der Waals surface area contributed by atoms with Gasteiger partial charge in [0.1, 0.15) is 0 Å². The van der Waals surface area contributed by atoms with Gasteiger partial charge in [-0.3, -0.25) is 0 Å². The van der Waals surface area contributed by atoms with E-state index in [9.17, 15) is 8.42 Å². The van der Waals surface area contributed by atoms with Crippen molar-refractivity contribution >= 4 is 49.2 Å². The highest BCUT2D eigenvalue weighted by Crippen LogP contribution is 2.25. The van der Waals surface area contributed by atoms with Gasteiger partial charge in [-0.05, 0) is 40.5 Å². The number of benzene rings is 1. The van der Waals surface area contributed by atoms with Crippen LogP contribution in [-0.4, -0.2) is 20.3 Å². The summed E-state index contributed by atoms with van der Waals surface area (Å²) >= 11 is 14.7. The van der Waals surface area contributed by atoms with Crippen LogP contribution in [0.1, 0.15) is 13.3 Å². The lowest BCUT2D eigenvalue weighted by Gasteiger charge is -2.14. The predicted octanol–water partition coefficient (Wildman–Crippen LogP) is 3.40. The van der Waals surface area contributed by atoms with Gasteiger partial charge in [0, 0.05) is 16.4 Å². The second kappa shape index (κ2) is 6.38. The highest BCUT2D eigenvalue weighted by atomic mass is 79.9. The van der Waals surface area contributed by atoms with Gasteiger partial charge >= 0.3 is 0 Å². The molecule has 0 saturated carbocycles. The summed E-state index contributed by atoms with van der Waals surface area (Å²) in [5.74, 6) is 0.241. The zero-order chi connectivity index (χ0) is 13.1. The van der Waals surface area contributed by atoms with Crippen molar-refractivity contribution in [3.05, 3.63) is 27.7 Å². The molecule has 0 aliphatic carbocycles. The first-order valence-electron chi connectivity index (χ1n) is 4.94. The fraction of sp³-hybridized carbons (Fsp3) is 0.400. The summed E-state index contributed by atoms with van der Waals surface area (Å²) in [5, 5.41) is 0.466. The molecule has 1 aromatic carbocycles. The van der Waals surface area contributed by atoms with E-state index in [2.05, 4.69) is 20.7 Å². The number of sulfonamides is 1. The van der Waals surface area contributed by atoms with Crippen molar-refractivity contribution in [3.8, 4) is 0 Å². The Hall–Kier alpha value is 0.190. The second-order valence-electron chi connectivity index (χ2n) is 3.46. The number of nitrogens with one attached hydrogen (secondary N) is 1. The summed E-state index contributed by atoms with van der Waals surface area (Å²) < 4.78 is 27.1. The van der Waals surface area contributed by atoms with E-state index in [0.29, 0.717) is 15.9 Å². The van der Waals surface area contributed by atoms with Gasteiger partial charge in [0.15, 0.2) is 0 Å². The molecular formula is C10H12BrCl2NO2S. The van der Waals surface area contributed by atoms with Gasteiger partial charge in [0.2, 0.25) is 10.0 Å². The van der Waals surface area contributed by atoms with Gasteiger partial charge < -0.3 is 0 Å². The molecule has 0 saturated heterocycles. The number of alkyl halides is 1. The van der Waals surface area contributed by atoms with Crippen molar-refractivity contribution in [3.63, 3.8) is 0 Å². The van der Waals surface area contributed by atoms with Crippen LogP contribution in [0.5, 0.6) is 0 Å². The maximum Gasteiger partial charge on any atom is 0.240 e. The Morgan fingerprint density at radius 2 is 2.12 bits per heavy atom. The maximum atomic E-state index is 12.0. The SMILES string of the molecule is CCC(CCl)NS(=O)(=O)c1ccc(Cl)c(Br)c1. The third kappa shape index (κ3) is 4.10. The average Bonchev–Trinajstić information content (AvgIpc) is 2.29. The molecule has 1 atom stereocenters. The van der Waals surface area contributed by atoms with E-state index >= 15 is 0 Å². The predicted molar refractivity (Wildman–Crippen MR) is 74.3 cm³/mol. The summed E-state index contributed by atoms with van der Waals surface area (Å²) in [4.78, 5) is 0.164. The smallest absolute Gasteiger partial charge is 0.207 e. The summed E-state index contributed by atoms with van der Waals surface area (Å²) in [6.45, 7) is 1.87. The molecule has 96 valence electrons. The van der Waals surface area contributed by atoms with Crippen LogP contribution in [0.2, 0.25) is 5.02 Å². The minimum Gasteiger partial charge on any atom is -0.207 e. The third-order valence-corrected chi connectivity index (χ3v) is 5.31. The molecule has 0 fully saturated rings. The van der Waals surface area contributed by atoms with E-state index in [4.69, 9.17) is 23.2 Å². The second-order valence-corrected chi connectivity index (χ2v) is 6.74. The lowest BCUT2D eigenvalue weighted by atomic mass is 10.3. The van der Waals surface area contributed by atoms with Crippen molar-refractivity contribution in [1.29, 1.82) is 0 Å². The van der Waals surface area contributed by atoms with Crippen molar-refractivity contribution in [2.24, 2.45) is 0 Å². The van der Waals surface area contributed by atoms with Crippen LogP contribution >= 0.6 is 39.1 Å². The van der Waals surface area contributed by atoms with E-state index in [1.165, 1.54) is 18.2 Å². The molecule has 0 amide bonds. The number of hydrogen-bond acceptors (Lipinski definition) is 2. The van der Waals surface area contributed by atoms with Crippen molar-refractivity contribution < 1.29 is 8.42 Å². The lowest BCUT2D eigenvalue weighted by molar-refractivity contribution is 0.557. The molecule has 3 nitrogen and oxygen atoms in total. The van der Waals surface area contributed by atoms with Crippen LogP contribution in [0.3, 0.4) is 0 Å². The summed E-state index contributed by atoms with van der Waals surface area (Å²) in [6, 6.07) is 4.18. The molecule has 1 unspecified atom stereocenters. The van der Waals surface area contributed by atoms with Gasteiger partial charge in [-0.1, -0.05) is 18.5 Å². The summed E-state index contributed by atoms with van der Waals surface area (Å²) in [7, 11) is -3.55. The first-order chi connectivity index (χ1) is 7.90. The number of hydrogen-bond donors (Lipinski definition) is 1. The molecule has 17 heavy (non-hydrogen) atoms. The minimum absolute atomic E-state index is 0.164. The largest absolute Gasteiger partial charge is 0.240 e. The Morgan fingerprint density at radius 3 is 2.59 bits per heavy atom. The molecule has 0 radical (unpaired) electrons. The molecular weight excluding hydrogens is 349 g/mol. The molecule has 0 aromatic heterocycles. The van der Waals surface area contributed by atoms with Gasteiger partial charge in [-0.25, -0.2) is 13.1 Å². The quantitative estimate of drug-likeness (QED) is 0.818. The average molecular weight is 361 g/mol. The topological polar surface area (TPSA) is 46.2 Å². The first kappa shape index (κ1) is 15.2. The highest BCUT2D eigenvalue weighted by Gasteiger charge is 2.19. The third-order valence-electron chi connectivity index (χ3n) is 2.20. The molecule has 0 heterocycles. The summed E-state index contributed by atoms with van der Waals surface area (Å²) in [6.07, 6.45) is 0.636. The molecule has 1 rings (SSSR count). The Balaban J connectivity index is 3.01. The molecule has 1 aromatic rings. The zero-order valence-corrected chi connectivity index (χ0v) is 13.0.